The monoisotopic (exact) mass is 366 g/mol. The van der Waals surface area contributed by atoms with Crippen LogP contribution < -0.4 is 9.80 Å². The third-order valence-electron chi connectivity index (χ3n) is 4.50. The maximum Gasteiger partial charge on any atom is 0.135 e. The van der Waals surface area contributed by atoms with Gasteiger partial charge in [0.25, 0.3) is 0 Å². The lowest BCUT2D eigenvalue weighted by Crippen LogP contribution is -2.43. The summed E-state index contributed by atoms with van der Waals surface area (Å²) in [4.78, 5) is 13.9. The van der Waals surface area contributed by atoms with Crippen molar-refractivity contribution in [3.05, 3.63) is 11.9 Å². The van der Waals surface area contributed by atoms with Gasteiger partial charge in [0.1, 0.15) is 17.5 Å². The van der Waals surface area contributed by atoms with Crippen molar-refractivity contribution in [3.63, 3.8) is 0 Å². The Balaban J connectivity index is 2.14. The molecule has 0 aromatic carbocycles. The van der Waals surface area contributed by atoms with Gasteiger partial charge in [-0.05, 0) is 6.42 Å². The van der Waals surface area contributed by atoms with E-state index in [1.165, 1.54) is 0 Å². The first-order valence-electron chi connectivity index (χ1n) is 9.70. The highest BCUT2D eigenvalue weighted by atomic mass is 16.5. The highest BCUT2D eigenvalue weighted by Crippen LogP contribution is 2.24. The van der Waals surface area contributed by atoms with Crippen molar-refractivity contribution in [2.24, 2.45) is 0 Å². The molecule has 148 valence electrons. The summed E-state index contributed by atoms with van der Waals surface area (Å²) in [6.45, 7) is 10.6. The molecule has 1 fully saturated rings. The second-order valence-electron chi connectivity index (χ2n) is 7.08. The molecule has 26 heavy (non-hydrogen) atoms. The molecule has 1 unspecified atom stereocenters. The third kappa shape index (κ3) is 6.07. The van der Waals surface area contributed by atoms with Crippen LogP contribution in [0.5, 0.6) is 0 Å². The van der Waals surface area contributed by atoms with Gasteiger partial charge in [-0.2, -0.15) is 0 Å². The van der Waals surface area contributed by atoms with Crippen molar-refractivity contribution in [3.8, 4) is 0 Å². The SMILES string of the molecule is CCCC1CN(c2cc(N(C)CCOCCO)nc(C(C)C)n2)CCO1. The summed E-state index contributed by atoms with van der Waals surface area (Å²) in [5.74, 6) is 3.01. The molecule has 1 saturated heterocycles. The van der Waals surface area contributed by atoms with Crippen LogP contribution in [0.1, 0.15) is 45.4 Å². The molecule has 1 aromatic heterocycles. The van der Waals surface area contributed by atoms with Crippen LogP contribution >= 0.6 is 0 Å². The predicted octanol–water partition coefficient (Wildman–Crippen LogP) is 2.05. The molecule has 0 bridgehead atoms. The number of hydrogen-bond acceptors (Lipinski definition) is 7. The number of morpholine rings is 1. The van der Waals surface area contributed by atoms with Crippen molar-refractivity contribution in [1.82, 2.24) is 9.97 Å². The number of nitrogens with zero attached hydrogens (tertiary/aromatic N) is 4. The number of ether oxygens (including phenoxy) is 2. The Morgan fingerprint density at radius 1 is 1.38 bits per heavy atom. The molecule has 1 aromatic rings. The van der Waals surface area contributed by atoms with Gasteiger partial charge in [0, 0.05) is 38.7 Å². The highest BCUT2D eigenvalue weighted by Gasteiger charge is 2.22. The van der Waals surface area contributed by atoms with Crippen LogP contribution in [0.3, 0.4) is 0 Å². The summed E-state index contributed by atoms with van der Waals surface area (Å²) in [5, 5.41) is 8.81. The topological polar surface area (TPSA) is 71.0 Å². The Morgan fingerprint density at radius 3 is 2.88 bits per heavy atom. The summed E-state index contributed by atoms with van der Waals surface area (Å²) in [7, 11) is 2.01. The fourth-order valence-corrected chi connectivity index (χ4v) is 2.96. The number of likely N-dealkylation sites (N-methyl/N-ethyl adjacent to an activating group) is 1. The van der Waals surface area contributed by atoms with E-state index in [1.807, 2.05) is 7.05 Å². The third-order valence-corrected chi connectivity index (χ3v) is 4.50. The van der Waals surface area contributed by atoms with E-state index in [1.54, 1.807) is 0 Å². The van der Waals surface area contributed by atoms with Gasteiger partial charge >= 0.3 is 0 Å². The zero-order chi connectivity index (χ0) is 18.9. The minimum Gasteiger partial charge on any atom is -0.394 e. The van der Waals surface area contributed by atoms with Crippen LogP contribution in [0.4, 0.5) is 11.6 Å². The molecule has 1 aliphatic heterocycles. The molecule has 2 rings (SSSR count). The van der Waals surface area contributed by atoms with Gasteiger partial charge in [0.15, 0.2) is 0 Å². The average molecular weight is 367 g/mol. The molecular weight excluding hydrogens is 332 g/mol. The summed E-state index contributed by atoms with van der Waals surface area (Å²) < 4.78 is 11.2. The van der Waals surface area contributed by atoms with Crippen molar-refractivity contribution in [1.29, 1.82) is 0 Å². The van der Waals surface area contributed by atoms with Crippen molar-refractivity contribution in [2.75, 3.05) is 62.9 Å². The second-order valence-corrected chi connectivity index (χ2v) is 7.08. The summed E-state index contributed by atoms with van der Waals surface area (Å²) >= 11 is 0. The standard InChI is InChI=1S/C19H34N4O3/c1-5-6-16-14-23(8-11-26-16)18-13-17(20-19(21-18)15(2)3)22(4)7-10-25-12-9-24/h13,15-16,24H,5-12,14H2,1-4H3. The summed E-state index contributed by atoms with van der Waals surface area (Å²) in [6, 6.07) is 2.06. The molecule has 7 heteroatoms. The maximum absolute atomic E-state index is 8.81. The van der Waals surface area contributed by atoms with Crippen LogP contribution in [0, 0.1) is 0 Å². The summed E-state index contributed by atoms with van der Waals surface area (Å²) in [6.07, 6.45) is 2.48. The molecule has 7 nitrogen and oxygen atoms in total. The van der Waals surface area contributed by atoms with Gasteiger partial charge in [-0.25, -0.2) is 9.97 Å². The second kappa shape index (κ2) is 10.6. The van der Waals surface area contributed by atoms with Crippen LogP contribution in [-0.2, 0) is 9.47 Å². The van der Waals surface area contributed by atoms with E-state index < -0.39 is 0 Å². The Labute approximate surface area is 157 Å². The largest absolute Gasteiger partial charge is 0.394 e. The lowest BCUT2D eigenvalue weighted by Gasteiger charge is -2.34. The highest BCUT2D eigenvalue weighted by molar-refractivity contribution is 5.51. The molecule has 0 radical (unpaired) electrons. The first kappa shape index (κ1) is 20.9. The molecule has 0 amide bonds. The molecule has 0 saturated carbocycles. The van der Waals surface area contributed by atoms with Crippen molar-refractivity contribution < 1.29 is 14.6 Å². The Bertz CT molecular complexity index is 540. The normalized spacial score (nSPS) is 17.8. The van der Waals surface area contributed by atoms with Crippen molar-refractivity contribution >= 4 is 11.6 Å². The first-order valence-corrected chi connectivity index (χ1v) is 9.70. The van der Waals surface area contributed by atoms with Gasteiger partial charge in [-0.1, -0.05) is 27.2 Å². The van der Waals surface area contributed by atoms with Gasteiger partial charge < -0.3 is 24.4 Å². The fourth-order valence-electron chi connectivity index (χ4n) is 2.96. The zero-order valence-corrected chi connectivity index (χ0v) is 16.6. The molecular formula is C19H34N4O3. The Hall–Kier alpha value is -1.44. The van der Waals surface area contributed by atoms with E-state index in [2.05, 4.69) is 36.6 Å². The lowest BCUT2D eigenvalue weighted by molar-refractivity contribution is 0.0345. The van der Waals surface area contributed by atoms with E-state index in [0.29, 0.717) is 13.2 Å². The average Bonchev–Trinajstić information content (AvgIpc) is 2.65. The van der Waals surface area contributed by atoms with E-state index >= 15 is 0 Å². The Kier molecular flexibility index (Phi) is 8.54. The molecule has 2 heterocycles. The molecule has 0 aliphatic carbocycles. The molecule has 1 atom stereocenters. The van der Waals surface area contributed by atoms with E-state index in [9.17, 15) is 0 Å². The number of aliphatic hydroxyl groups excluding tert-OH is 1. The zero-order valence-electron chi connectivity index (χ0n) is 16.6. The quantitative estimate of drug-likeness (QED) is 0.636. The fraction of sp³-hybridized carbons (Fsp3) is 0.789. The molecule has 1 aliphatic rings. The molecule has 1 N–H and O–H groups in total. The van der Waals surface area contributed by atoms with Crippen LogP contribution in [0.2, 0.25) is 0 Å². The number of anilines is 2. The number of hydrogen-bond donors (Lipinski definition) is 1. The van der Waals surface area contributed by atoms with Crippen LogP contribution in [0.15, 0.2) is 6.07 Å². The minimum atomic E-state index is 0.0504. The van der Waals surface area contributed by atoms with Gasteiger partial charge in [-0.3, -0.25) is 0 Å². The smallest absolute Gasteiger partial charge is 0.135 e. The van der Waals surface area contributed by atoms with E-state index in [-0.39, 0.29) is 18.6 Å². The van der Waals surface area contributed by atoms with Gasteiger partial charge in [-0.15, -0.1) is 0 Å². The summed E-state index contributed by atoms with van der Waals surface area (Å²) in [5.41, 5.74) is 0. The number of rotatable bonds is 10. The first-order chi connectivity index (χ1) is 12.5. The van der Waals surface area contributed by atoms with E-state index in [0.717, 1.165) is 56.5 Å². The van der Waals surface area contributed by atoms with Crippen molar-refractivity contribution in [2.45, 2.75) is 45.6 Å². The Morgan fingerprint density at radius 2 is 2.19 bits per heavy atom. The van der Waals surface area contributed by atoms with Crippen LogP contribution in [0.25, 0.3) is 0 Å². The van der Waals surface area contributed by atoms with Gasteiger partial charge in [0.05, 0.1) is 32.5 Å². The van der Waals surface area contributed by atoms with E-state index in [4.69, 9.17) is 24.5 Å². The number of aromatic nitrogens is 2. The minimum absolute atomic E-state index is 0.0504. The maximum atomic E-state index is 8.81. The van der Waals surface area contributed by atoms with Crippen LogP contribution in [-0.4, -0.2) is 74.3 Å². The van der Waals surface area contributed by atoms with Gasteiger partial charge in [0.2, 0.25) is 0 Å². The predicted molar refractivity (Wildman–Crippen MR) is 104 cm³/mol. The number of aliphatic hydroxyl groups is 1. The molecule has 0 spiro atoms. The lowest BCUT2D eigenvalue weighted by atomic mass is 10.1.